The van der Waals surface area contributed by atoms with Crippen molar-refractivity contribution in [3.63, 3.8) is 0 Å². The van der Waals surface area contributed by atoms with Gasteiger partial charge in [-0.15, -0.1) is 0 Å². The first-order chi connectivity index (χ1) is 16.2. The number of H-pyrrole nitrogens is 1. The Balaban J connectivity index is 1.25. The smallest absolute Gasteiger partial charge is 0.419 e. The molecule has 1 saturated heterocycles. The summed E-state index contributed by atoms with van der Waals surface area (Å²) in [6.07, 6.45) is 0.348. The summed E-state index contributed by atoms with van der Waals surface area (Å²) in [6, 6.07) is 3.00. The molecule has 0 radical (unpaired) electrons. The van der Waals surface area contributed by atoms with Crippen LogP contribution in [0.2, 0.25) is 0 Å². The Morgan fingerprint density at radius 1 is 1.06 bits per heavy atom. The first kappa shape index (κ1) is 22.1. The Labute approximate surface area is 190 Å². The van der Waals surface area contributed by atoms with Gasteiger partial charge < -0.3 is 4.74 Å². The molecule has 3 heterocycles. The fourth-order valence-corrected chi connectivity index (χ4v) is 4.47. The number of pyridine rings is 1. The number of urea groups is 1. The lowest BCUT2D eigenvalue weighted by Gasteiger charge is -2.33. The number of hydrogen-bond acceptors (Lipinski definition) is 5. The van der Waals surface area contributed by atoms with Crippen molar-refractivity contribution in [2.45, 2.75) is 44.0 Å². The van der Waals surface area contributed by atoms with Gasteiger partial charge in [0.05, 0.1) is 24.1 Å². The molecule has 2 aromatic heterocycles. The van der Waals surface area contributed by atoms with Crippen molar-refractivity contribution in [3.8, 4) is 5.75 Å². The number of anilines is 1. The highest BCUT2D eigenvalue weighted by Gasteiger charge is 2.43. The van der Waals surface area contributed by atoms with Gasteiger partial charge in [0.25, 0.3) is 5.91 Å². The van der Waals surface area contributed by atoms with Crippen molar-refractivity contribution < 1.29 is 31.9 Å². The monoisotopic (exact) mass is 477 g/mol. The molecule has 34 heavy (non-hydrogen) atoms. The van der Waals surface area contributed by atoms with Gasteiger partial charge >= 0.3 is 12.2 Å². The summed E-state index contributed by atoms with van der Waals surface area (Å²) in [5, 5.41) is 7.49. The molecule has 0 atom stereocenters. The quantitative estimate of drug-likeness (QED) is 0.448. The van der Waals surface area contributed by atoms with E-state index in [1.165, 1.54) is 0 Å². The molecule has 2 fully saturated rings. The molecular weight excluding hydrogens is 458 g/mol. The molecule has 0 bridgehead atoms. The summed E-state index contributed by atoms with van der Waals surface area (Å²) in [5.74, 6) is -1.35. The molecule has 3 aromatic rings. The number of imide groups is 1. The molecule has 0 spiro atoms. The van der Waals surface area contributed by atoms with Crippen LogP contribution in [0.5, 0.6) is 5.75 Å². The number of nitrogens with zero attached hydrogens (tertiary/aromatic N) is 4. The number of nitrogens with one attached hydrogen (secondary N) is 1. The molecule has 3 amide bonds. The van der Waals surface area contributed by atoms with Gasteiger partial charge in [-0.2, -0.15) is 18.3 Å². The van der Waals surface area contributed by atoms with Gasteiger partial charge in [-0.25, -0.2) is 14.2 Å². The number of amides is 3. The zero-order valence-corrected chi connectivity index (χ0v) is 17.7. The van der Waals surface area contributed by atoms with Crippen LogP contribution < -0.4 is 9.64 Å². The maximum Gasteiger partial charge on any atom is 0.419 e. The number of alkyl halides is 3. The van der Waals surface area contributed by atoms with Crippen LogP contribution in [0, 0.1) is 5.82 Å². The van der Waals surface area contributed by atoms with Crippen LogP contribution in [-0.4, -0.2) is 50.7 Å². The first-order valence-corrected chi connectivity index (χ1v) is 10.7. The number of carbonyl (C=O) groups is 2. The van der Waals surface area contributed by atoms with Crippen LogP contribution in [-0.2, 0) is 11.0 Å². The Morgan fingerprint density at radius 2 is 1.82 bits per heavy atom. The van der Waals surface area contributed by atoms with Crippen molar-refractivity contribution >= 4 is 28.7 Å². The predicted molar refractivity (Wildman–Crippen MR) is 112 cm³/mol. The van der Waals surface area contributed by atoms with E-state index in [1.807, 2.05) is 6.07 Å². The topological polar surface area (TPSA) is 91.4 Å². The molecule has 5 rings (SSSR count). The third-order valence-corrected chi connectivity index (χ3v) is 6.14. The van der Waals surface area contributed by atoms with Crippen molar-refractivity contribution in [2.75, 3.05) is 11.4 Å². The van der Waals surface area contributed by atoms with Crippen LogP contribution in [0.3, 0.4) is 0 Å². The number of carbonyl (C=O) groups excluding carboxylic acids is 2. The van der Waals surface area contributed by atoms with E-state index in [-0.39, 0.29) is 17.8 Å². The van der Waals surface area contributed by atoms with Crippen molar-refractivity contribution in [1.82, 2.24) is 20.1 Å². The van der Waals surface area contributed by atoms with Gasteiger partial charge in [0.2, 0.25) is 0 Å². The number of fused-ring (bicyclic) bond motifs is 1. The highest BCUT2D eigenvalue weighted by Crippen LogP contribution is 2.36. The van der Waals surface area contributed by atoms with E-state index < -0.39 is 36.0 Å². The number of hydrogen-bond donors (Lipinski definition) is 1. The summed E-state index contributed by atoms with van der Waals surface area (Å²) >= 11 is 0. The Morgan fingerprint density at radius 3 is 2.56 bits per heavy atom. The third kappa shape index (κ3) is 4.03. The van der Waals surface area contributed by atoms with E-state index in [2.05, 4.69) is 15.2 Å². The average molecular weight is 477 g/mol. The molecule has 1 N–H and O–H groups in total. The van der Waals surface area contributed by atoms with E-state index in [4.69, 9.17) is 4.74 Å². The number of benzene rings is 1. The molecule has 1 aliphatic heterocycles. The molecule has 0 unspecified atom stereocenters. The molecule has 178 valence electrons. The van der Waals surface area contributed by atoms with Crippen LogP contribution in [0.1, 0.15) is 31.2 Å². The second-order valence-corrected chi connectivity index (χ2v) is 8.32. The fraction of sp³-hybridized carbons (Fsp3) is 0.364. The first-order valence-electron chi connectivity index (χ1n) is 10.7. The second-order valence-electron chi connectivity index (χ2n) is 8.32. The van der Waals surface area contributed by atoms with E-state index in [1.54, 1.807) is 12.4 Å². The van der Waals surface area contributed by atoms with Crippen LogP contribution in [0.4, 0.5) is 28.0 Å². The fourth-order valence-electron chi connectivity index (χ4n) is 4.47. The van der Waals surface area contributed by atoms with E-state index >= 15 is 0 Å². The van der Waals surface area contributed by atoms with Crippen molar-refractivity contribution in [2.24, 2.45) is 0 Å². The van der Waals surface area contributed by atoms with Crippen LogP contribution >= 0.6 is 0 Å². The summed E-state index contributed by atoms with van der Waals surface area (Å²) in [6.45, 7) is -0.394. The van der Waals surface area contributed by atoms with Gasteiger partial charge in [0.15, 0.2) is 5.65 Å². The lowest BCUT2D eigenvalue weighted by Crippen LogP contribution is -2.44. The SMILES string of the molecule is O=C1CN(c2ccc(F)c(C(F)(F)F)c2)C(=O)N1[C@H]1CC[C@H](Oc2cnc3[nH]ncc3c2)CC1. The minimum atomic E-state index is -4.91. The lowest BCUT2D eigenvalue weighted by atomic mass is 9.92. The Kier molecular flexibility index (Phi) is 5.37. The zero-order valence-electron chi connectivity index (χ0n) is 17.7. The molecule has 1 aromatic carbocycles. The summed E-state index contributed by atoms with van der Waals surface area (Å²) in [5.41, 5.74) is -1.01. The Hall–Kier alpha value is -3.70. The van der Waals surface area contributed by atoms with Gasteiger partial charge in [-0.1, -0.05) is 0 Å². The van der Waals surface area contributed by atoms with E-state index in [0.717, 1.165) is 21.3 Å². The standard InChI is InChI=1S/C22H19F4N5O3/c23-18-6-3-14(8-17(18)22(24,25)26)30-11-19(32)31(21(30)33)13-1-4-15(5-2-13)34-16-7-12-9-28-29-20(12)27-10-16/h3,6-10,13,15H,1-2,4-5,11H2,(H,27,28,29)/t13-,15-. The molecule has 1 aliphatic carbocycles. The predicted octanol–water partition coefficient (Wildman–Crippen LogP) is 4.27. The number of halogens is 4. The lowest BCUT2D eigenvalue weighted by molar-refractivity contribution is -0.140. The second kappa shape index (κ2) is 8.26. The van der Waals surface area contributed by atoms with Crippen molar-refractivity contribution in [1.29, 1.82) is 0 Å². The van der Waals surface area contributed by atoms with Crippen LogP contribution in [0.15, 0.2) is 36.7 Å². The molecule has 12 heteroatoms. The average Bonchev–Trinajstić information content (AvgIpc) is 3.37. The Bertz CT molecular complexity index is 1250. The zero-order chi connectivity index (χ0) is 24.0. The van der Waals surface area contributed by atoms with Gasteiger partial charge in [-0.3, -0.25) is 19.7 Å². The van der Waals surface area contributed by atoms with Crippen molar-refractivity contribution in [3.05, 3.63) is 48.0 Å². The number of aromatic nitrogens is 3. The summed E-state index contributed by atoms with van der Waals surface area (Å²) in [4.78, 5) is 31.8. The molecule has 8 nitrogen and oxygen atoms in total. The van der Waals surface area contributed by atoms with Gasteiger partial charge in [0, 0.05) is 17.1 Å². The van der Waals surface area contributed by atoms with Crippen LogP contribution in [0.25, 0.3) is 11.0 Å². The van der Waals surface area contributed by atoms with Gasteiger partial charge in [0.1, 0.15) is 18.1 Å². The maximum absolute atomic E-state index is 13.6. The maximum atomic E-state index is 13.6. The highest BCUT2D eigenvalue weighted by molar-refractivity contribution is 6.12. The van der Waals surface area contributed by atoms with E-state index in [9.17, 15) is 27.2 Å². The number of rotatable bonds is 4. The minimum Gasteiger partial charge on any atom is -0.489 e. The molecule has 1 saturated carbocycles. The normalized spacial score (nSPS) is 21.5. The summed E-state index contributed by atoms with van der Waals surface area (Å²) < 4.78 is 58.8. The highest BCUT2D eigenvalue weighted by atomic mass is 19.4. The third-order valence-electron chi connectivity index (χ3n) is 6.14. The molecule has 2 aliphatic rings. The molecular formula is C22H19F4N5O3. The summed E-state index contributed by atoms with van der Waals surface area (Å²) in [7, 11) is 0. The van der Waals surface area contributed by atoms with E-state index in [0.29, 0.717) is 49.2 Å². The number of aromatic amines is 1. The minimum absolute atomic E-state index is 0.127. The van der Waals surface area contributed by atoms with Gasteiger partial charge in [-0.05, 0) is 49.9 Å². The largest absolute Gasteiger partial charge is 0.489 e. The number of ether oxygens (including phenoxy) is 1.